The lowest BCUT2D eigenvalue weighted by atomic mass is 10.1. The maximum atomic E-state index is 12.1. The fraction of sp³-hybridized carbons (Fsp3) is 0.316. The molecule has 0 fully saturated rings. The third-order valence-corrected chi connectivity index (χ3v) is 3.84. The summed E-state index contributed by atoms with van der Waals surface area (Å²) in [7, 11) is 4.82. The summed E-state index contributed by atoms with van der Waals surface area (Å²) < 4.78 is 15.7. The van der Waals surface area contributed by atoms with E-state index in [4.69, 9.17) is 14.2 Å². The topological polar surface area (TPSA) is 56.8 Å². The zero-order chi connectivity index (χ0) is 17.5. The second-order valence-corrected chi connectivity index (χ2v) is 5.44. The lowest BCUT2D eigenvalue weighted by Gasteiger charge is -2.13. The SMILES string of the molecule is COc1ccc(CC(=O)NCc2cc(OC)c(OC)cc2C)cc1. The molecule has 0 heterocycles. The van der Waals surface area contributed by atoms with Gasteiger partial charge in [0.05, 0.1) is 27.8 Å². The predicted molar refractivity (Wildman–Crippen MR) is 92.8 cm³/mol. The molecule has 0 saturated carbocycles. The standard InChI is InChI=1S/C19H23NO4/c1-13-9-17(23-3)18(24-4)11-15(13)12-20-19(21)10-14-5-7-16(22-2)8-6-14/h5-9,11H,10,12H2,1-4H3,(H,20,21). The third kappa shape index (κ3) is 4.41. The first-order chi connectivity index (χ1) is 11.6. The van der Waals surface area contributed by atoms with Crippen molar-refractivity contribution in [3.63, 3.8) is 0 Å². The summed E-state index contributed by atoms with van der Waals surface area (Å²) in [5.41, 5.74) is 2.98. The normalized spacial score (nSPS) is 10.2. The Morgan fingerprint density at radius 3 is 2.17 bits per heavy atom. The van der Waals surface area contributed by atoms with Crippen molar-refractivity contribution in [2.45, 2.75) is 19.9 Å². The van der Waals surface area contributed by atoms with E-state index in [0.717, 1.165) is 22.4 Å². The molecule has 0 saturated heterocycles. The molecule has 0 unspecified atom stereocenters. The summed E-state index contributed by atoms with van der Waals surface area (Å²) >= 11 is 0. The second-order valence-electron chi connectivity index (χ2n) is 5.44. The van der Waals surface area contributed by atoms with Crippen LogP contribution in [-0.2, 0) is 17.8 Å². The van der Waals surface area contributed by atoms with Crippen molar-refractivity contribution >= 4 is 5.91 Å². The van der Waals surface area contributed by atoms with Crippen molar-refractivity contribution in [3.05, 3.63) is 53.1 Å². The van der Waals surface area contributed by atoms with E-state index in [2.05, 4.69) is 5.32 Å². The Labute approximate surface area is 142 Å². The van der Waals surface area contributed by atoms with E-state index < -0.39 is 0 Å². The molecule has 0 aliphatic rings. The summed E-state index contributed by atoms with van der Waals surface area (Å²) in [6.07, 6.45) is 0.330. The van der Waals surface area contributed by atoms with Crippen molar-refractivity contribution in [1.29, 1.82) is 0 Å². The van der Waals surface area contributed by atoms with Crippen LogP contribution in [0.1, 0.15) is 16.7 Å². The number of carbonyl (C=O) groups is 1. The molecule has 24 heavy (non-hydrogen) atoms. The summed E-state index contributed by atoms with van der Waals surface area (Å²) in [6, 6.07) is 11.3. The van der Waals surface area contributed by atoms with Crippen LogP contribution in [-0.4, -0.2) is 27.2 Å². The van der Waals surface area contributed by atoms with Gasteiger partial charge in [0, 0.05) is 6.54 Å². The Bertz CT molecular complexity index is 695. The van der Waals surface area contributed by atoms with Gasteiger partial charge in [-0.1, -0.05) is 12.1 Å². The first-order valence-corrected chi connectivity index (χ1v) is 7.68. The van der Waals surface area contributed by atoms with Gasteiger partial charge in [-0.15, -0.1) is 0 Å². The molecular weight excluding hydrogens is 306 g/mol. The first kappa shape index (κ1) is 17.7. The van der Waals surface area contributed by atoms with Crippen molar-refractivity contribution in [3.8, 4) is 17.2 Å². The van der Waals surface area contributed by atoms with Gasteiger partial charge in [0.25, 0.3) is 0 Å². The second kappa shape index (κ2) is 8.24. The average Bonchev–Trinajstić information content (AvgIpc) is 2.61. The molecule has 2 rings (SSSR count). The summed E-state index contributed by atoms with van der Waals surface area (Å²) in [6.45, 7) is 2.42. The minimum Gasteiger partial charge on any atom is -0.497 e. The number of carbonyl (C=O) groups excluding carboxylic acids is 1. The summed E-state index contributed by atoms with van der Waals surface area (Å²) in [4.78, 5) is 12.1. The van der Waals surface area contributed by atoms with Crippen LogP contribution in [0.15, 0.2) is 36.4 Å². The van der Waals surface area contributed by atoms with Gasteiger partial charge >= 0.3 is 0 Å². The monoisotopic (exact) mass is 329 g/mol. The van der Waals surface area contributed by atoms with E-state index in [1.165, 1.54) is 0 Å². The maximum absolute atomic E-state index is 12.1. The maximum Gasteiger partial charge on any atom is 0.224 e. The number of rotatable bonds is 7. The quantitative estimate of drug-likeness (QED) is 0.848. The van der Waals surface area contributed by atoms with Gasteiger partial charge in [0.2, 0.25) is 5.91 Å². The molecule has 0 aromatic heterocycles. The fourth-order valence-corrected chi connectivity index (χ4v) is 2.40. The van der Waals surface area contributed by atoms with Crippen LogP contribution in [0.25, 0.3) is 0 Å². The molecule has 0 aliphatic carbocycles. The van der Waals surface area contributed by atoms with Crippen molar-refractivity contribution in [1.82, 2.24) is 5.32 Å². The molecule has 128 valence electrons. The molecule has 0 spiro atoms. The smallest absolute Gasteiger partial charge is 0.224 e. The van der Waals surface area contributed by atoms with Crippen LogP contribution in [0.2, 0.25) is 0 Å². The number of methoxy groups -OCH3 is 3. The highest BCUT2D eigenvalue weighted by atomic mass is 16.5. The molecular formula is C19H23NO4. The molecule has 2 aromatic rings. The van der Waals surface area contributed by atoms with Gasteiger partial charge in [0.1, 0.15) is 5.75 Å². The Kier molecular flexibility index (Phi) is 6.07. The number of aryl methyl sites for hydroxylation is 1. The highest BCUT2D eigenvalue weighted by Gasteiger charge is 2.10. The Morgan fingerprint density at radius 1 is 0.958 bits per heavy atom. The first-order valence-electron chi connectivity index (χ1n) is 7.68. The molecule has 1 amide bonds. The average molecular weight is 329 g/mol. The van der Waals surface area contributed by atoms with Crippen molar-refractivity contribution in [2.24, 2.45) is 0 Å². The van der Waals surface area contributed by atoms with Crippen molar-refractivity contribution in [2.75, 3.05) is 21.3 Å². The Morgan fingerprint density at radius 2 is 1.58 bits per heavy atom. The number of amides is 1. The van der Waals surface area contributed by atoms with Gasteiger partial charge in [-0.25, -0.2) is 0 Å². The molecule has 0 radical (unpaired) electrons. The fourth-order valence-electron chi connectivity index (χ4n) is 2.40. The van der Waals surface area contributed by atoms with Gasteiger partial charge in [-0.3, -0.25) is 4.79 Å². The molecule has 0 atom stereocenters. The Hall–Kier alpha value is -2.69. The van der Waals surface area contributed by atoms with Crippen LogP contribution >= 0.6 is 0 Å². The molecule has 5 nitrogen and oxygen atoms in total. The predicted octanol–water partition coefficient (Wildman–Crippen LogP) is 2.88. The van der Waals surface area contributed by atoms with Crippen LogP contribution in [0, 0.1) is 6.92 Å². The van der Waals surface area contributed by atoms with Crippen LogP contribution in [0.4, 0.5) is 0 Å². The van der Waals surface area contributed by atoms with E-state index >= 15 is 0 Å². The number of hydrogen-bond acceptors (Lipinski definition) is 4. The molecule has 5 heteroatoms. The van der Waals surface area contributed by atoms with E-state index in [9.17, 15) is 4.79 Å². The summed E-state index contributed by atoms with van der Waals surface area (Å²) in [5, 5.41) is 2.94. The van der Waals surface area contributed by atoms with E-state index in [0.29, 0.717) is 24.5 Å². The van der Waals surface area contributed by atoms with Crippen LogP contribution < -0.4 is 19.5 Å². The largest absolute Gasteiger partial charge is 0.497 e. The van der Waals surface area contributed by atoms with Crippen LogP contribution in [0.3, 0.4) is 0 Å². The Balaban J connectivity index is 1.98. The minimum atomic E-state index is -0.0330. The number of benzene rings is 2. The van der Waals surface area contributed by atoms with Gasteiger partial charge in [0.15, 0.2) is 11.5 Å². The van der Waals surface area contributed by atoms with Gasteiger partial charge < -0.3 is 19.5 Å². The van der Waals surface area contributed by atoms with Gasteiger partial charge in [-0.05, 0) is 47.9 Å². The zero-order valence-electron chi connectivity index (χ0n) is 14.5. The molecule has 2 aromatic carbocycles. The van der Waals surface area contributed by atoms with Crippen LogP contribution in [0.5, 0.6) is 17.2 Å². The molecule has 1 N–H and O–H groups in total. The minimum absolute atomic E-state index is 0.0330. The highest BCUT2D eigenvalue weighted by molar-refractivity contribution is 5.78. The number of hydrogen-bond donors (Lipinski definition) is 1. The molecule has 0 bridgehead atoms. The third-order valence-electron chi connectivity index (χ3n) is 3.84. The van der Waals surface area contributed by atoms with Gasteiger partial charge in [-0.2, -0.15) is 0 Å². The molecule has 0 aliphatic heterocycles. The summed E-state index contributed by atoms with van der Waals surface area (Å²) in [5.74, 6) is 2.08. The van der Waals surface area contributed by atoms with E-state index in [1.807, 2.05) is 43.3 Å². The number of nitrogens with one attached hydrogen (secondary N) is 1. The zero-order valence-corrected chi connectivity index (χ0v) is 14.5. The number of ether oxygens (including phenoxy) is 3. The van der Waals surface area contributed by atoms with E-state index in [1.54, 1.807) is 21.3 Å². The highest BCUT2D eigenvalue weighted by Crippen LogP contribution is 2.30. The lowest BCUT2D eigenvalue weighted by molar-refractivity contribution is -0.120. The van der Waals surface area contributed by atoms with E-state index in [-0.39, 0.29) is 5.91 Å². The lowest BCUT2D eigenvalue weighted by Crippen LogP contribution is -2.25. The van der Waals surface area contributed by atoms with Crippen molar-refractivity contribution < 1.29 is 19.0 Å².